The molecular formula is C15H20N2O2. The van der Waals surface area contributed by atoms with Gasteiger partial charge in [0.1, 0.15) is 5.82 Å². The van der Waals surface area contributed by atoms with Crippen molar-refractivity contribution in [3.63, 3.8) is 0 Å². The second kappa shape index (κ2) is 6.36. The van der Waals surface area contributed by atoms with Crippen LogP contribution in [0, 0.1) is 0 Å². The fraction of sp³-hybridized carbons (Fsp3) is 0.467. The maximum absolute atomic E-state index is 11.3. The summed E-state index contributed by atoms with van der Waals surface area (Å²) in [5.74, 6) is 0.926. The summed E-state index contributed by atoms with van der Waals surface area (Å²) in [7, 11) is 0. The molecule has 0 fully saturated rings. The van der Waals surface area contributed by atoms with Gasteiger partial charge < -0.3 is 9.30 Å². The molecule has 1 aromatic heterocycles. The molecule has 0 unspecified atom stereocenters. The predicted molar refractivity (Wildman–Crippen MR) is 75.0 cm³/mol. The first-order chi connectivity index (χ1) is 9.26. The summed E-state index contributed by atoms with van der Waals surface area (Å²) in [5, 5.41) is 0. The largest absolute Gasteiger partial charge is 0.466 e. The minimum Gasteiger partial charge on any atom is -0.466 e. The van der Waals surface area contributed by atoms with E-state index in [-0.39, 0.29) is 5.97 Å². The number of fused-ring (bicyclic) bond motifs is 1. The molecule has 19 heavy (non-hydrogen) atoms. The molecular weight excluding hydrogens is 240 g/mol. The Bertz CT molecular complexity index is 560. The van der Waals surface area contributed by atoms with Gasteiger partial charge in [0.25, 0.3) is 0 Å². The third-order valence-corrected chi connectivity index (χ3v) is 3.14. The van der Waals surface area contributed by atoms with Crippen LogP contribution in [-0.4, -0.2) is 22.1 Å². The highest BCUT2D eigenvalue weighted by molar-refractivity contribution is 5.76. The molecule has 0 aliphatic rings. The lowest BCUT2D eigenvalue weighted by atomic mass is 10.2. The summed E-state index contributed by atoms with van der Waals surface area (Å²) >= 11 is 0. The highest BCUT2D eigenvalue weighted by atomic mass is 16.5. The van der Waals surface area contributed by atoms with Crippen molar-refractivity contribution in [3.05, 3.63) is 30.1 Å². The molecule has 0 spiro atoms. The van der Waals surface area contributed by atoms with Gasteiger partial charge in [0.05, 0.1) is 17.6 Å². The molecule has 4 heteroatoms. The monoisotopic (exact) mass is 260 g/mol. The van der Waals surface area contributed by atoms with E-state index in [1.54, 1.807) is 0 Å². The minimum atomic E-state index is -0.123. The van der Waals surface area contributed by atoms with Gasteiger partial charge in [-0.25, -0.2) is 4.98 Å². The van der Waals surface area contributed by atoms with Gasteiger partial charge >= 0.3 is 5.97 Å². The van der Waals surface area contributed by atoms with Crippen LogP contribution >= 0.6 is 0 Å². The Kier molecular flexibility index (Phi) is 4.55. The number of carbonyl (C=O) groups is 1. The summed E-state index contributed by atoms with van der Waals surface area (Å²) in [5.41, 5.74) is 2.19. The van der Waals surface area contributed by atoms with Gasteiger partial charge in [-0.2, -0.15) is 0 Å². The number of ether oxygens (including phenoxy) is 1. The average Bonchev–Trinajstić information content (AvgIpc) is 2.76. The van der Waals surface area contributed by atoms with Crippen LogP contribution < -0.4 is 0 Å². The number of imidazole rings is 1. The van der Waals surface area contributed by atoms with Crippen LogP contribution in [-0.2, 0) is 22.5 Å². The second-order valence-corrected chi connectivity index (χ2v) is 4.42. The van der Waals surface area contributed by atoms with Crippen molar-refractivity contribution >= 4 is 17.0 Å². The molecule has 0 atom stereocenters. The number of carbonyl (C=O) groups excluding carboxylic acids is 1. The molecule has 0 aliphatic heterocycles. The van der Waals surface area contributed by atoms with Crippen LogP contribution in [0.1, 0.15) is 32.5 Å². The molecule has 1 heterocycles. The third-order valence-electron chi connectivity index (χ3n) is 3.14. The summed E-state index contributed by atoms with van der Waals surface area (Å²) in [6, 6.07) is 8.13. The van der Waals surface area contributed by atoms with Crippen molar-refractivity contribution in [1.82, 2.24) is 9.55 Å². The zero-order valence-electron chi connectivity index (χ0n) is 11.6. The maximum Gasteiger partial charge on any atom is 0.305 e. The molecule has 0 aliphatic carbocycles. The van der Waals surface area contributed by atoms with Crippen molar-refractivity contribution < 1.29 is 9.53 Å². The highest BCUT2D eigenvalue weighted by Crippen LogP contribution is 2.17. The van der Waals surface area contributed by atoms with E-state index in [2.05, 4.69) is 22.5 Å². The molecule has 0 saturated carbocycles. The Hall–Kier alpha value is -1.84. The Morgan fingerprint density at radius 3 is 2.84 bits per heavy atom. The number of hydrogen-bond acceptors (Lipinski definition) is 3. The third kappa shape index (κ3) is 3.13. The van der Waals surface area contributed by atoms with Crippen molar-refractivity contribution in [2.24, 2.45) is 0 Å². The Balaban J connectivity index is 2.06. The number of esters is 1. The van der Waals surface area contributed by atoms with E-state index < -0.39 is 0 Å². The topological polar surface area (TPSA) is 44.1 Å². The van der Waals surface area contributed by atoms with Crippen molar-refractivity contribution in [2.45, 2.75) is 39.7 Å². The second-order valence-electron chi connectivity index (χ2n) is 4.42. The summed E-state index contributed by atoms with van der Waals surface area (Å²) < 4.78 is 7.14. The van der Waals surface area contributed by atoms with Gasteiger partial charge in [-0.05, 0) is 32.4 Å². The van der Waals surface area contributed by atoms with Crippen molar-refractivity contribution in [2.75, 3.05) is 6.61 Å². The number of aromatic nitrogens is 2. The van der Waals surface area contributed by atoms with Crippen LogP contribution in [0.5, 0.6) is 0 Å². The molecule has 2 aromatic rings. The highest BCUT2D eigenvalue weighted by Gasteiger charge is 2.09. The average molecular weight is 260 g/mol. The summed E-state index contributed by atoms with van der Waals surface area (Å²) in [6.07, 6.45) is 2.05. The van der Waals surface area contributed by atoms with Crippen LogP contribution in [0.3, 0.4) is 0 Å². The van der Waals surface area contributed by atoms with Crippen LogP contribution in [0.4, 0.5) is 0 Å². The number of nitrogens with zero attached hydrogens (tertiary/aromatic N) is 2. The van der Waals surface area contributed by atoms with Gasteiger partial charge in [-0.3, -0.25) is 4.79 Å². The lowest BCUT2D eigenvalue weighted by Crippen LogP contribution is -2.06. The molecule has 0 saturated heterocycles. The lowest BCUT2D eigenvalue weighted by molar-refractivity contribution is -0.143. The van der Waals surface area contributed by atoms with Gasteiger partial charge in [-0.1, -0.05) is 12.1 Å². The molecule has 4 nitrogen and oxygen atoms in total. The van der Waals surface area contributed by atoms with E-state index >= 15 is 0 Å². The van der Waals surface area contributed by atoms with Crippen LogP contribution in [0.15, 0.2) is 24.3 Å². The molecule has 0 bridgehead atoms. The Morgan fingerprint density at radius 2 is 2.11 bits per heavy atom. The number of benzene rings is 1. The van der Waals surface area contributed by atoms with E-state index in [0.29, 0.717) is 13.0 Å². The number of para-hydroxylation sites is 2. The number of rotatable bonds is 6. The smallest absolute Gasteiger partial charge is 0.305 e. The minimum absolute atomic E-state index is 0.123. The molecule has 0 N–H and O–H groups in total. The molecule has 102 valence electrons. The van der Waals surface area contributed by atoms with Crippen LogP contribution in [0.2, 0.25) is 0 Å². The molecule has 0 amide bonds. The first-order valence-electron chi connectivity index (χ1n) is 6.86. The molecule has 2 rings (SSSR count). The lowest BCUT2D eigenvalue weighted by Gasteiger charge is -2.05. The van der Waals surface area contributed by atoms with E-state index in [9.17, 15) is 4.79 Å². The van der Waals surface area contributed by atoms with Gasteiger partial charge in [0.2, 0.25) is 0 Å². The maximum atomic E-state index is 11.3. The SMILES string of the molecule is CCOC(=O)CCCc1nc2ccccc2n1CC. The first kappa shape index (κ1) is 13.6. The quantitative estimate of drug-likeness (QED) is 0.750. The van der Waals surface area contributed by atoms with Crippen LogP contribution in [0.25, 0.3) is 11.0 Å². The first-order valence-corrected chi connectivity index (χ1v) is 6.86. The van der Waals surface area contributed by atoms with Crippen molar-refractivity contribution in [3.8, 4) is 0 Å². The predicted octanol–water partition coefficient (Wildman–Crippen LogP) is 2.94. The summed E-state index contributed by atoms with van der Waals surface area (Å²) in [4.78, 5) is 15.9. The fourth-order valence-corrected chi connectivity index (χ4v) is 2.29. The number of hydrogen-bond donors (Lipinski definition) is 0. The van der Waals surface area contributed by atoms with E-state index in [4.69, 9.17) is 4.74 Å². The number of aryl methyl sites for hydroxylation is 2. The van der Waals surface area contributed by atoms with E-state index in [1.165, 1.54) is 0 Å². The Morgan fingerprint density at radius 1 is 1.32 bits per heavy atom. The van der Waals surface area contributed by atoms with Gasteiger partial charge in [-0.15, -0.1) is 0 Å². The Labute approximate surface area is 113 Å². The zero-order chi connectivity index (χ0) is 13.7. The normalized spacial score (nSPS) is 10.8. The zero-order valence-corrected chi connectivity index (χ0v) is 11.6. The molecule has 0 radical (unpaired) electrons. The van der Waals surface area contributed by atoms with Crippen molar-refractivity contribution in [1.29, 1.82) is 0 Å². The van der Waals surface area contributed by atoms with E-state index in [0.717, 1.165) is 36.2 Å². The van der Waals surface area contributed by atoms with Gasteiger partial charge in [0.15, 0.2) is 0 Å². The van der Waals surface area contributed by atoms with Gasteiger partial charge in [0, 0.05) is 19.4 Å². The van der Waals surface area contributed by atoms with E-state index in [1.807, 2.05) is 25.1 Å². The molecule has 1 aromatic carbocycles. The standard InChI is InChI=1S/C15H20N2O2/c1-3-17-13-9-6-5-8-12(13)16-14(17)10-7-11-15(18)19-4-2/h5-6,8-9H,3-4,7,10-11H2,1-2H3. The fourth-order valence-electron chi connectivity index (χ4n) is 2.29. The summed E-state index contributed by atoms with van der Waals surface area (Å²) in [6.45, 7) is 5.29.